The Hall–Kier alpha value is -1.34. The monoisotopic (exact) mass is 205 g/mol. The zero-order chi connectivity index (χ0) is 9.10. The Balaban J connectivity index is 0.000000980. The molecule has 0 aliphatic heterocycles. The molecule has 1 aromatic carbocycles. The second kappa shape index (κ2) is 4.77. The van der Waals surface area contributed by atoms with Crippen molar-refractivity contribution in [1.29, 1.82) is 0 Å². The summed E-state index contributed by atoms with van der Waals surface area (Å²) >= 11 is 0. The van der Waals surface area contributed by atoms with Crippen LogP contribution in [-0.4, -0.2) is 4.98 Å². The maximum Gasteiger partial charge on any atom is 0.0702 e. The number of rotatable bonds is 1. The average molecular weight is 206 g/mol. The molecule has 0 aliphatic rings. The quantitative estimate of drug-likeness (QED) is 0.695. The first-order chi connectivity index (χ1) is 6.36. The Kier molecular flexibility index (Phi) is 3.66. The van der Waals surface area contributed by atoms with E-state index in [2.05, 4.69) is 23.2 Å². The summed E-state index contributed by atoms with van der Waals surface area (Å²) in [6.07, 6.45) is 1.89. The topological polar surface area (TPSA) is 12.9 Å². The summed E-state index contributed by atoms with van der Waals surface area (Å²) in [6, 6.07) is 14.3. The normalized spacial score (nSPS) is 9.21. The second-order valence-corrected chi connectivity index (χ2v) is 3.09. The smallest absolute Gasteiger partial charge is 0.0702 e. The van der Waals surface area contributed by atoms with Crippen molar-refractivity contribution in [3.63, 3.8) is 0 Å². The van der Waals surface area contributed by atoms with E-state index < -0.39 is 0 Å². The third-order valence-corrected chi connectivity index (χ3v) is 1.98. The van der Waals surface area contributed by atoms with Crippen LogP contribution in [0, 0.1) is 6.92 Å². The maximum absolute atomic E-state index is 4.35. The lowest BCUT2D eigenvalue weighted by atomic mass is 10.1. The minimum atomic E-state index is 0. The van der Waals surface area contributed by atoms with E-state index in [1.54, 1.807) is 0 Å². The molecule has 14 heavy (non-hydrogen) atoms. The summed E-state index contributed by atoms with van der Waals surface area (Å²) < 4.78 is 0. The molecule has 2 rings (SSSR count). The van der Waals surface area contributed by atoms with Crippen LogP contribution in [0.15, 0.2) is 48.7 Å². The van der Waals surface area contributed by atoms with Crippen molar-refractivity contribution < 1.29 is 0 Å². The molecule has 0 unspecified atom stereocenters. The zero-order valence-electron chi connectivity index (χ0n) is 7.97. The van der Waals surface area contributed by atoms with Gasteiger partial charge in [0.1, 0.15) is 0 Å². The van der Waals surface area contributed by atoms with Crippen molar-refractivity contribution in [2.45, 2.75) is 6.92 Å². The Bertz CT molecular complexity index is 381. The molecule has 0 saturated heterocycles. The third kappa shape index (κ3) is 2.33. The van der Waals surface area contributed by atoms with Crippen LogP contribution in [0.5, 0.6) is 0 Å². The van der Waals surface area contributed by atoms with Gasteiger partial charge in [-0.05, 0) is 18.6 Å². The molecule has 0 atom stereocenters. The SMILES string of the molecule is Cc1ccc(-c2ccccc2)nc1.Cl. The van der Waals surface area contributed by atoms with Crippen molar-refractivity contribution in [1.82, 2.24) is 4.98 Å². The van der Waals surface area contributed by atoms with Gasteiger partial charge in [0.15, 0.2) is 0 Å². The summed E-state index contributed by atoms with van der Waals surface area (Å²) in [5.41, 5.74) is 3.40. The number of halogens is 1. The van der Waals surface area contributed by atoms with Crippen LogP contribution in [0.3, 0.4) is 0 Å². The lowest BCUT2D eigenvalue weighted by Gasteiger charge is -1.99. The fourth-order valence-corrected chi connectivity index (χ4v) is 1.25. The number of pyridine rings is 1. The molecule has 0 saturated carbocycles. The lowest BCUT2D eigenvalue weighted by molar-refractivity contribution is 1.27. The van der Waals surface area contributed by atoms with E-state index in [9.17, 15) is 0 Å². The molecule has 0 spiro atoms. The standard InChI is InChI=1S/C12H11N.ClH/c1-10-7-8-12(13-9-10)11-5-3-2-4-6-11;/h2-9H,1H3;1H. The van der Waals surface area contributed by atoms with E-state index in [0.717, 1.165) is 5.69 Å². The molecule has 0 fully saturated rings. The van der Waals surface area contributed by atoms with Crippen LogP contribution < -0.4 is 0 Å². The van der Waals surface area contributed by atoms with Crippen molar-refractivity contribution in [2.24, 2.45) is 0 Å². The number of benzene rings is 1. The molecule has 72 valence electrons. The van der Waals surface area contributed by atoms with Crippen LogP contribution in [0.25, 0.3) is 11.3 Å². The Morgan fingerprint density at radius 3 is 2.21 bits per heavy atom. The van der Waals surface area contributed by atoms with Gasteiger partial charge in [0.05, 0.1) is 5.69 Å². The number of aryl methyl sites for hydroxylation is 1. The molecule has 0 radical (unpaired) electrons. The summed E-state index contributed by atoms with van der Waals surface area (Å²) in [7, 11) is 0. The number of aromatic nitrogens is 1. The molecule has 0 bridgehead atoms. The molecule has 0 aliphatic carbocycles. The molecule has 0 amide bonds. The number of hydrogen-bond acceptors (Lipinski definition) is 1. The Labute approximate surface area is 90.2 Å². The fourth-order valence-electron chi connectivity index (χ4n) is 1.25. The summed E-state index contributed by atoms with van der Waals surface area (Å²) in [5.74, 6) is 0. The van der Waals surface area contributed by atoms with E-state index in [0.29, 0.717) is 0 Å². The van der Waals surface area contributed by atoms with Crippen molar-refractivity contribution in [2.75, 3.05) is 0 Å². The molecule has 1 heterocycles. The van der Waals surface area contributed by atoms with Crippen LogP contribution in [-0.2, 0) is 0 Å². The number of hydrogen-bond donors (Lipinski definition) is 0. The highest BCUT2D eigenvalue weighted by atomic mass is 35.5. The first-order valence-electron chi connectivity index (χ1n) is 4.34. The first-order valence-corrected chi connectivity index (χ1v) is 4.34. The van der Waals surface area contributed by atoms with Gasteiger partial charge in [-0.25, -0.2) is 0 Å². The predicted octanol–water partition coefficient (Wildman–Crippen LogP) is 3.48. The average Bonchev–Trinajstić information content (AvgIpc) is 2.20. The fraction of sp³-hybridized carbons (Fsp3) is 0.0833. The molecule has 1 nitrogen and oxygen atoms in total. The van der Waals surface area contributed by atoms with Crippen LogP contribution in [0.1, 0.15) is 5.56 Å². The largest absolute Gasteiger partial charge is 0.256 e. The van der Waals surface area contributed by atoms with E-state index in [1.165, 1.54) is 11.1 Å². The Morgan fingerprint density at radius 1 is 0.929 bits per heavy atom. The third-order valence-electron chi connectivity index (χ3n) is 1.98. The van der Waals surface area contributed by atoms with Gasteiger partial charge < -0.3 is 0 Å². The predicted molar refractivity (Wildman–Crippen MR) is 61.7 cm³/mol. The molecular formula is C12H12ClN. The molecular weight excluding hydrogens is 194 g/mol. The summed E-state index contributed by atoms with van der Waals surface area (Å²) in [6.45, 7) is 2.04. The van der Waals surface area contributed by atoms with E-state index >= 15 is 0 Å². The van der Waals surface area contributed by atoms with E-state index in [-0.39, 0.29) is 12.4 Å². The Morgan fingerprint density at radius 2 is 1.64 bits per heavy atom. The van der Waals surface area contributed by atoms with Crippen LogP contribution in [0.2, 0.25) is 0 Å². The van der Waals surface area contributed by atoms with Gasteiger partial charge in [-0.2, -0.15) is 0 Å². The van der Waals surface area contributed by atoms with E-state index in [1.807, 2.05) is 37.4 Å². The number of nitrogens with zero attached hydrogens (tertiary/aromatic N) is 1. The highest BCUT2D eigenvalue weighted by Gasteiger charge is 1.95. The van der Waals surface area contributed by atoms with E-state index in [4.69, 9.17) is 0 Å². The van der Waals surface area contributed by atoms with Crippen molar-refractivity contribution in [3.05, 3.63) is 54.2 Å². The van der Waals surface area contributed by atoms with Crippen molar-refractivity contribution in [3.8, 4) is 11.3 Å². The highest BCUT2D eigenvalue weighted by Crippen LogP contribution is 2.15. The first kappa shape index (κ1) is 10.7. The van der Waals surface area contributed by atoms with Crippen molar-refractivity contribution >= 4 is 12.4 Å². The van der Waals surface area contributed by atoms with Gasteiger partial charge >= 0.3 is 0 Å². The van der Waals surface area contributed by atoms with Gasteiger partial charge in [-0.3, -0.25) is 4.98 Å². The van der Waals surface area contributed by atoms with Crippen LogP contribution in [0.4, 0.5) is 0 Å². The maximum atomic E-state index is 4.35. The zero-order valence-corrected chi connectivity index (χ0v) is 8.79. The summed E-state index contributed by atoms with van der Waals surface area (Å²) in [4.78, 5) is 4.35. The molecule has 0 N–H and O–H groups in total. The second-order valence-electron chi connectivity index (χ2n) is 3.09. The van der Waals surface area contributed by atoms with Gasteiger partial charge in [-0.1, -0.05) is 36.4 Å². The van der Waals surface area contributed by atoms with Gasteiger partial charge in [0, 0.05) is 11.8 Å². The van der Waals surface area contributed by atoms with Crippen LogP contribution >= 0.6 is 12.4 Å². The van der Waals surface area contributed by atoms with Gasteiger partial charge in [-0.15, -0.1) is 12.4 Å². The van der Waals surface area contributed by atoms with Gasteiger partial charge in [0.2, 0.25) is 0 Å². The molecule has 2 heteroatoms. The van der Waals surface area contributed by atoms with Gasteiger partial charge in [0.25, 0.3) is 0 Å². The minimum Gasteiger partial charge on any atom is -0.256 e. The lowest BCUT2D eigenvalue weighted by Crippen LogP contribution is -1.82. The molecule has 2 aromatic rings. The minimum absolute atomic E-state index is 0. The highest BCUT2D eigenvalue weighted by molar-refractivity contribution is 5.85. The molecule has 1 aromatic heterocycles. The summed E-state index contributed by atoms with van der Waals surface area (Å²) in [5, 5.41) is 0.